The molecule has 3 atom stereocenters. The number of rotatable bonds is 15. The molecule has 1 aliphatic heterocycles. The first-order chi connectivity index (χ1) is 13.6. The normalized spacial score (nSPS) is 20.4. The molecule has 1 rings (SSSR count). The van der Waals surface area contributed by atoms with Gasteiger partial charge in [0, 0.05) is 6.42 Å². The van der Waals surface area contributed by atoms with Crippen LogP contribution in [0.25, 0.3) is 0 Å². The Labute approximate surface area is 173 Å². The lowest BCUT2D eigenvalue weighted by atomic mass is 9.92. The highest BCUT2D eigenvalue weighted by molar-refractivity contribution is 5.98. The van der Waals surface area contributed by atoms with Crippen molar-refractivity contribution in [1.29, 1.82) is 0 Å². The van der Waals surface area contributed by atoms with Crippen molar-refractivity contribution in [1.82, 2.24) is 10.6 Å². The number of aliphatic hydroxyl groups is 2. The first kappa shape index (κ1) is 25.5. The second-order valence-corrected chi connectivity index (χ2v) is 8.79. The van der Waals surface area contributed by atoms with E-state index in [1.165, 1.54) is 0 Å². The summed E-state index contributed by atoms with van der Waals surface area (Å²) in [6.07, 6.45) is 4.50. The lowest BCUT2D eigenvalue weighted by Gasteiger charge is -2.24. The van der Waals surface area contributed by atoms with E-state index >= 15 is 0 Å². The first-order valence-corrected chi connectivity index (χ1v) is 10.6. The monoisotopic (exact) mass is 414 g/mol. The summed E-state index contributed by atoms with van der Waals surface area (Å²) in [6, 6.07) is -1.97. The Hall–Kier alpha value is -1.51. The first-order valence-electron chi connectivity index (χ1n) is 10.6. The molecule has 29 heavy (non-hydrogen) atoms. The Kier molecular flexibility index (Phi) is 10.8. The van der Waals surface area contributed by atoms with Crippen molar-refractivity contribution in [3.05, 3.63) is 0 Å². The Morgan fingerprint density at radius 2 is 1.62 bits per heavy atom. The molecule has 0 radical (unpaired) electrons. The van der Waals surface area contributed by atoms with Crippen LogP contribution in [-0.4, -0.2) is 65.3 Å². The molecule has 8 heteroatoms. The fourth-order valence-electron chi connectivity index (χ4n) is 3.17. The molecule has 3 unspecified atom stereocenters. The molecule has 1 fully saturated rings. The number of carbonyl (C=O) groups excluding carboxylic acids is 3. The molecule has 1 saturated heterocycles. The number of unbranched alkanes of at least 4 members (excludes halogenated alkanes) is 2. The maximum absolute atomic E-state index is 12.7. The van der Waals surface area contributed by atoms with Crippen LogP contribution in [0, 0.1) is 11.8 Å². The van der Waals surface area contributed by atoms with Crippen LogP contribution in [0.15, 0.2) is 0 Å². The van der Waals surface area contributed by atoms with Gasteiger partial charge in [0.25, 0.3) is 0 Å². The van der Waals surface area contributed by atoms with Crippen LogP contribution in [0.1, 0.15) is 66.2 Å². The SMILES string of the molecule is CC(C)CCCCCC(=O)NC(CO)C(=O)NC(CC(C)C)C(=O)C1(CO)CO1. The van der Waals surface area contributed by atoms with Gasteiger partial charge in [-0.3, -0.25) is 14.4 Å². The fraction of sp³-hybridized carbons (Fsp3) is 0.857. The van der Waals surface area contributed by atoms with Crippen LogP contribution < -0.4 is 10.6 Å². The third kappa shape index (κ3) is 8.80. The molecule has 0 spiro atoms. The highest BCUT2D eigenvalue weighted by Gasteiger charge is 2.54. The molecular formula is C21H38N2O6. The molecule has 0 aromatic carbocycles. The molecule has 168 valence electrons. The number of Topliss-reactive ketones (excluding diaryl/α,β-unsaturated/α-hetero) is 1. The van der Waals surface area contributed by atoms with Crippen LogP contribution in [0.2, 0.25) is 0 Å². The summed E-state index contributed by atoms with van der Waals surface area (Å²) in [7, 11) is 0. The third-order valence-corrected chi connectivity index (χ3v) is 5.06. The molecule has 0 bridgehead atoms. The number of aliphatic hydroxyl groups excluding tert-OH is 2. The number of ether oxygens (including phenoxy) is 1. The maximum Gasteiger partial charge on any atom is 0.245 e. The zero-order valence-corrected chi connectivity index (χ0v) is 18.2. The zero-order chi connectivity index (χ0) is 22.0. The Morgan fingerprint density at radius 3 is 2.10 bits per heavy atom. The van der Waals surface area contributed by atoms with Gasteiger partial charge in [-0.15, -0.1) is 0 Å². The van der Waals surface area contributed by atoms with Gasteiger partial charge in [0.05, 0.1) is 25.9 Å². The number of amides is 2. The summed E-state index contributed by atoms with van der Waals surface area (Å²) >= 11 is 0. The van der Waals surface area contributed by atoms with Gasteiger partial charge in [0.1, 0.15) is 6.04 Å². The number of ketones is 1. The highest BCUT2D eigenvalue weighted by Crippen LogP contribution is 2.30. The summed E-state index contributed by atoms with van der Waals surface area (Å²) in [6.45, 7) is 7.28. The molecule has 1 heterocycles. The minimum Gasteiger partial charge on any atom is -0.394 e. The highest BCUT2D eigenvalue weighted by atomic mass is 16.6. The standard InChI is InChI=1S/C21H38N2O6/c1-14(2)8-6-5-7-9-18(26)22-17(11-24)20(28)23-16(10-15(3)4)19(27)21(12-25)13-29-21/h14-17,24-25H,5-13H2,1-4H3,(H,22,26)(H,23,28). The van der Waals surface area contributed by atoms with Crippen LogP contribution >= 0.6 is 0 Å². The summed E-state index contributed by atoms with van der Waals surface area (Å²) in [4.78, 5) is 37.3. The molecule has 0 aromatic rings. The van der Waals surface area contributed by atoms with E-state index in [4.69, 9.17) is 4.74 Å². The summed E-state index contributed by atoms with van der Waals surface area (Å²) < 4.78 is 5.11. The van der Waals surface area contributed by atoms with Gasteiger partial charge in [-0.1, -0.05) is 47.0 Å². The lowest BCUT2D eigenvalue weighted by molar-refractivity contribution is -0.134. The molecule has 0 aromatic heterocycles. The largest absolute Gasteiger partial charge is 0.394 e. The quantitative estimate of drug-likeness (QED) is 0.233. The second-order valence-electron chi connectivity index (χ2n) is 8.79. The summed E-state index contributed by atoms with van der Waals surface area (Å²) in [5.74, 6) is -0.540. The number of carbonyl (C=O) groups is 3. The average Bonchev–Trinajstić information content (AvgIpc) is 3.45. The van der Waals surface area contributed by atoms with Crippen molar-refractivity contribution in [2.75, 3.05) is 19.8 Å². The molecule has 1 aliphatic rings. The predicted molar refractivity (Wildman–Crippen MR) is 109 cm³/mol. The van der Waals surface area contributed by atoms with E-state index < -0.39 is 36.8 Å². The second kappa shape index (κ2) is 12.2. The van der Waals surface area contributed by atoms with Crippen LogP contribution in [0.3, 0.4) is 0 Å². The van der Waals surface area contributed by atoms with Crippen molar-refractivity contribution in [2.24, 2.45) is 11.8 Å². The van der Waals surface area contributed by atoms with E-state index in [9.17, 15) is 24.6 Å². The van der Waals surface area contributed by atoms with E-state index in [-0.39, 0.29) is 30.6 Å². The van der Waals surface area contributed by atoms with Crippen LogP contribution in [0.4, 0.5) is 0 Å². The minimum atomic E-state index is -1.24. The topological polar surface area (TPSA) is 128 Å². The Bertz CT molecular complexity index is 545. The molecule has 0 saturated carbocycles. The van der Waals surface area contributed by atoms with Gasteiger partial charge in [-0.2, -0.15) is 0 Å². The lowest BCUT2D eigenvalue weighted by Crippen LogP contribution is -2.55. The number of epoxide rings is 1. The maximum atomic E-state index is 12.7. The number of hydrogen-bond donors (Lipinski definition) is 4. The van der Waals surface area contributed by atoms with E-state index in [1.54, 1.807) is 0 Å². The van der Waals surface area contributed by atoms with Gasteiger partial charge in [-0.25, -0.2) is 0 Å². The van der Waals surface area contributed by atoms with Gasteiger partial charge < -0.3 is 25.6 Å². The summed E-state index contributed by atoms with van der Waals surface area (Å²) in [5, 5.41) is 24.1. The van der Waals surface area contributed by atoms with E-state index in [0.717, 1.165) is 25.7 Å². The van der Waals surface area contributed by atoms with E-state index in [0.29, 0.717) is 12.3 Å². The van der Waals surface area contributed by atoms with Gasteiger partial charge in [-0.05, 0) is 24.7 Å². The van der Waals surface area contributed by atoms with Gasteiger partial charge in [0.2, 0.25) is 11.8 Å². The Morgan fingerprint density at radius 1 is 0.966 bits per heavy atom. The molecule has 0 aliphatic carbocycles. The van der Waals surface area contributed by atoms with Crippen molar-refractivity contribution in [3.63, 3.8) is 0 Å². The Balaban J connectivity index is 2.55. The third-order valence-electron chi connectivity index (χ3n) is 5.06. The fourth-order valence-corrected chi connectivity index (χ4v) is 3.17. The predicted octanol–water partition coefficient (Wildman–Crippen LogP) is 0.931. The molecular weight excluding hydrogens is 376 g/mol. The van der Waals surface area contributed by atoms with Crippen LogP contribution in [-0.2, 0) is 19.1 Å². The van der Waals surface area contributed by atoms with Crippen molar-refractivity contribution < 1.29 is 29.3 Å². The van der Waals surface area contributed by atoms with E-state index in [1.807, 2.05) is 13.8 Å². The average molecular weight is 415 g/mol. The van der Waals surface area contributed by atoms with Crippen molar-refractivity contribution in [3.8, 4) is 0 Å². The zero-order valence-electron chi connectivity index (χ0n) is 18.2. The van der Waals surface area contributed by atoms with Crippen LogP contribution in [0.5, 0.6) is 0 Å². The summed E-state index contributed by atoms with van der Waals surface area (Å²) in [5.41, 5.74) is -1.24. The minimum absolute atomic E-state index is 0.117. The van der Waals surface area contributed by atoms with Gasteiger partial charge >= 0.3 is 0 Å². The smallest absolute Gasteiger partial charge is 0.245 e. The molecule has 4 N–H and O–H groups in total. The van der Waals surface area contributed by atoms with Crippen molar-refractivity contribution >= 4 is 17.6 Å². The van der Waals surface area contributed by atoms with E-state index in [2.05, 4.69) is 24.5 Å². The molecule has 8 nitrogen and oxygen atoms in total. The van der Waals surface area contributed by atoms with Gasteiger partial charge in [0.15, 0.2) is 11.4 Å². The van der Waals surface area contributed by atoms with Crippen molar-refractivity contribution in [2.45, 2.75) is 83.9 Å². The number of nitrogens with one attached hydrogen (secondary N) is 2. The molecule has 2 amide bonds. The number of hydrogen-bond acceptors (Lipinski definition) is 6.